The number of carbonyl (C=O) groups is 3. The Morgan fingerprint density at radius 1 is 1.34 bits per heavy atom. The first-order valence-electron chi connectivity index (χ1n) is 12.5. The van der Waals surface area contributed by atoms with Crippen molar-refractivity contribution in [2.75, 3.05) is 6.54 Å². The van der Waals surface area contributed by atoms with Crippen molar-refractivity contribution in [3.8, 4) is 16.5 Å². The molecule has 202 valence electrons. The number of amides is 3. The highest BCUT2D eigenvalue weighted by atomic mass is 32.1. The third-order valence-electron chi connectivity index (χ3n) is 7.14. The number of aromatic nitrogens is 1. The summed E-state index contributed by atoms with van der Waals surface area (Å²) in [6.45, 7) is 7.16. The van der Waals surface area contributed by atoms with Crippen LogP contribution >= 0.6 is 11.3 Å². The summed E-state index contributed by atoms with van der Waals surface area (Å²) in [5, 5.41) is 25.2. The van der Waals surface area contributed by atoms with Gasteiger partial charge < -0.3 is 20.6 Å². The normalized spacial score (nSPS) is 20.9. The molecule has 1 aromatic heterocycles. The predicted octanol–water partition coefficient (Wildman–Crippen LogP) is 2.67. The molecule has 1 aliphatic carbocycles. The molecule has 0 radical (unpaired) electrons. The molecule has 1 saturated heterocycles. The molecule has 2 aliphatic rings. The van der Waals surface area contributed by atoms with Crippen LogP contribution in [0.5, 0.6) is 0 Å². The topological polar surface area (TPSA) is 135 Å². The van der Waals surface area contributed by atoms with Crippen LogP contribution in [-0.2, 0) is 20.9 Å². The lowest BCUT2D eigenvalue weighted by atomic mass is 9.85. The van der Waals surface area contributed by atoms with Crippen molar-refractivity contribution in [1.82, 2.24) is 20.5 Å². The number of halogens is 1. The number of aliphatic hydroxyl groups is 1. The summed E-state index contributed by atoms with van der Waals surface area (Å²) < 4.78 is 14.8. The molecule has 1 saturated carbocycles. The molecule has 2 aromatic rings. The fourth-order valence-electron chi connectivity index (χ4n) is 4.62. The third kappa shape index (κ3) is 5.56. The quantitative estimate of drug-likeness (QED) is 0.493. The van der Waals surface area contributed by atoms with Crippen LogP contribution in [0.4, 0.5) is 4.39 Å². The van der Waals surface area contributed by atoms with E-state index in [1.54, 1.807) is 38.4 Å². The fraction of sp³-hybridized carbons (Fsp3) is 0.519. The van der Waals surface area contributed by atoms with Gasteiger partial charge in [-0.3, -0.25) is 14.4 Å². The molecule has 0 unspecified atom stereocenters. The van der Waals surface area contributed by atoms with Crippen molar-refractivity contribution < 1.29 is 23.9 Å². The van der Waals surface area contributed by atoms with Crippen molar-refractivity contribution in [3.63, 3.8) is 0 Å². The number of nitriles is 1. The number of nitrogens with zero attached hydrogens (tertiary/aromatic N) is 3. The smallest absolute Gasteiger partial charge is 0.246 e. The predicted molar refractivity (Wildman–Crippen MR) is 139 cm³/mol. The Labute approximate surface area is 225 Å². The van der Waals surface area contributed by atoms with E-state index in [0.717, 1.165) is 10.6 Å². The average molecular weight is 542 g/mol. The summed E-state index contributed by atoms with van der Waals surface area (Å²) >= 11 is 1.35. The number of benzene rings is 1. The molecule has 11 heteroatoms. The minimum Gasteiger partial charge on any atom is -0.391 e. The van der Waals surface area contributed by atoms with Gasteiger partial charge in [0.1, 0.15) is 23.3 Å². The molecule has 3 amide bonds. The standard InChI is InChI=1S/C27H32FN5O4S/c1-15-21(38-14-31-15)18-6-5-16(9-19(18)28)11-30-23(35)20-10-17(34)12-33(20)24(36)22(26(2,3)4)32-25(37)27(13-29)7-8-27/h5-6,9,14,17,20,22,34H,7-8,10-12H2,1-4H3,(H,30,35)(H,32,37)/t17-,20+,22-/m1/s1. The van der Waals surface area contributed by atoms with E-state index >= 15 is 0 Å². The maximum absolute atomic E-state index is 14.8. The van der Waals surface area contributed by atoms with Crippen LogP contribution in [0.1, 0.15) is 51.3 Å². The monoisotopic (exact) mass is 541 g/mol. The molecule has 3 atom stereocenters. The van der Waals surface area contributed by atoms with Gasteiger partial charge in [-0.15, -0.1) is 11.3 Å². The summed E-state index contributed by atoms with van der Waals surface area (Å²) in [7, 11) is 0. The van der Waals surface area contributed by atoms with E-state index in [2.05, 4.69) is 15.6 Å². The zero-order valence-corrected chi connectivity index (χ0v) is 22.7. The van der Waals surface area contributed by atoms with E-state index < -0.39 is 52.6 Å². The van der Waals surface area contributed by atoms with E-state index in [0.29, 0.717) is 24.0 Å². The molecule has 4 rings (SSSR count). The second-order valence-corrected chi connectivity index (χ2v) is 12.0. The molecular formula is C27H32FN5O4S. The summed E-state index contributed by atoms with van der Waals surface area (Å²) in [6, 6.07) is 4.82. The number of aryl methyl sites for hydroxylation is 1. The maximum atomic E-state index is 14.8. The number of nitrogens with one attached hydrogen (secondary N) is 2. The van der Waals surface area contributed by atoms with Crippen LogP contribution in [0.15, 0.2) is 23.7 Å². The molecule has 2 fully saturated rings. The van der Waals surface area contributed by atoms with Crippen molar-refractivity contribution in [3.05, 3.63) is 40.8 Å². The Kier molecular flexibility index (Phi) is 7.59. The molecule has 1 aliphatic heterocycles. The van der Waals surface area contributed by atoms with Gasteiger partial charge in [0.05, 0.1) is 28.3 Å². The number of β-amino-alcohol motifs (C(OH)–C–C–N with tert-alkyl or cyclic N) is 1. The lowest BCUT2D eigenvalue weighted by molar-refractivity contribution is -0.144. The lowest BCUT2D eigenvalue weighted by Crippen LogP contribution is -2.58. The van der Waals surface area contributed by atoms with Gasteiger partial charge in [-0.1, -0.05) is 32.9 Å². The molecule has 0 bridgehead atoms. The summed E-state index contributed by atoms with van der Waals surface area (Å²) in [5.41, 5.74) is 1.57. The van der Waals surface area contributed by atoms with Crippen LogP contribution in [0.2, 0.25) is 0 Å². The van der Waals surface area contributed by atoms with Crippen molar-refractivity contribution >= 4 is 29.1 Å². The summed E-state index contributed by atoms with van der Waals surface area (Å²) in [6.07, 6.45) is 0.0281. The largest absolute Gasteiger partial charge is 0.391 e. The van der Waals surface area contributed by atoms with Crippen LogP contribution in [0.25, 0.3) is 10.4 Å². The van der Waals surface area contributed by atoms with E-state index in [9.17, 15) is 29.1 Å². The minimum absolute atomic E-state index is 0.0382. The van der Waals surface area contributed by atoms with E-state index in [4.69, 9.17) is 0 Å². The first-order chi connectivity index (χ1) is 17.9. The van der Waals surface area contributed by atoms with Gasteiger partial charge in [-0.05, 0) is 36.8 Å². The van der Waals surface area contributed by atoms with Crippen LogP contribution in [-0.4, -0.2) is 57.4 Å². The van der Waals surface area contributed by atoms with Crippen molar-refractivity contribution in [2.45, 2.75) is 71.7 Å². The van der Waals surface area contributed by atoms with E-state index in [1.165, 1.54) is 22.3 Å². The van der Waals surface area contributed by atoms with Gasteiger partial charge in [0.2, 0.25) is 17.7 Å². The highest BCUT2D eigenvalue weighted by molar-refractivity contribution is 7.13. The molecule has 0 spiro atoms. The molecule has 2 heterocycles. The Bertz CT molecular complexity index is 1290. The average Bonchev–Trinajstić information content (AvgIpc) is 3.40. The van der Waals surface area contributed by atoms with Gasteiger partial charge in [-0.2, -0.15) is 5.26 Å². The highest BCUT2D eigenvalue weighted by Crippen LogP contribution is 2.45. The Hall–Kier alpha value is -3.36. The number of rotatable bonds is 7. The third-order valence-corrected chi connectivity index (χ3v) is 8.10. The number of hydrogen-bond donors (Lipinski definition) is 3. The summed E-state index contributed by atoms with van der Waals surface area (Å²) in [4.78, 5) is 45.7. The number of carbonyl (C=O) groups excluding carboxylic acids is 3. The molecular weight excluding hydrogens is 509 g/mol. The number of aliphatic hydroxyl groups excluding tert-OH is 1. The molecule has 38 heavy (non-hydrogen) atoms. The van der Waals surface area contributed by atoms with Gasteiger partial charge in [-0.25, -0.2) is 9.37 Å². The molecule has 9 nitrogen and oxygen atoms in total. The lowest BCUT2D eigenvalue weighted by Gasteiger charge is -2.35. The van der Waals surface area contributed by atoms with Crippen molar-refractivity contribution in [1.29, 1.82) is 5.26 Å². The Balaban J connectivity index is 1.45. The number of thiazole rings is 1. The van der Waals surface area contributed by atoms with Gasteiger partial charge in [0.15, 0.2) is 0 Å². The van der Waals surface area contributed by atoms with Crippen LogP contribution in [0.3, 0.4) is 0 Å². The Morgan fingerprint density at radius 3 is 2.61 bits per heavy atom. The van der Waals surface area contributed by atoms with E-state index in [-0.39, 0.29) is 19.5 Å². The number of hydrogen-bond acceptors (Lipinski definition) is 7. The fourth-order valence-corrected chi connectivity index (χ4v) is 5.46. The first-order valence-corrected chi connectivity index (χ1v) is 13.4. The van der Waals surface area contributed by atoms with Crippen LogP contribution in [0, 0.1) is 34.9 Å². The van der Waals surface area contributed by atoms with Gasteiger partial charge >= 0.3 is 0 Å². The highest BCUT2D eigenvalue weighted by Gasteiger charge is 2.53. The van der Waals surface area contributed by atoms with Gasteiger partial charge in [0, 0.05) is 25.1 Å². The molecule has 1 aromatic carbocycles. The van der Waals surface area contributed by atoms with Gasteiger partial charge in [0.25, 0.3) is 0 Å². The minimum atomic E-state index is -1.10. The van der Waals surface area contributed by atoms with Crippen LogP contribution < -0.4 is 10.6 Å². The number of likely N-dealkylation sites (tertiary alicyclic amines) is 1. The maximum Gasteiger partial charge on any atom is 0.246 e. The molecule has 3 N–H and O–H groups in total. The SMILES string of the molecule is Cc1ncsc1-c1ccc(CNC(=O)[C@@H]2C[C@@H](O)CN2C(=O)[C@@H](NC(=O)C2(C#N)CC2)C(C)(C)C)cc1F. The zero-order chi connectivity index (χ0) is 27.8. The second kappa shape index (κ2) is 10.4. The van der Waals surface area contributed by atoms with E-state index in [1.807, 2.05) is 13.0 Å². The first kappa shape index (κ1) is 27.7. The Morgan fingerprint density at radius 2 is 2.05 bits per heavy atom. The zero-order valence-electron chi connectivity index (χ0n) is 21.9. The second-order valence-electron chi connectivity index (χ2n) is 11.2. The summed E-state index contributed by atoms with van der Waals surface area (Å²) in [5.74, 6) is -1.89. The van der Waals surface area contributed by atoms with Crippen molar-refractivity contribution in [2.24, 2.45) is 10.8 Å².